The highest BCUT2D eigenvalue weighted by molar-refractivity contribution is 5.87. The lowest BCUT2D eigenvalue weighted by molar-refractivity contribution is -0.114. The predicted octanol–water partition coefficient (Wildman–Crippen LogP) is 0.948. The second-order valence-electron chi connectivity index (χ2n) is 4.80. The number of aliphatic imine (C=N–C) groups is 1. The average molecular weight is 261 g/mol. The van der Waals surface area contributed by atoms with E-state index in [0.29, 0.717) is 12.0 Å². The quantitative estimate of drug-likeness (QED) is 0.822. The van der Waals surface area contributed by atoms with Gasteiger partial charge in [-0.15, -0.1) is 0 Å². The first-order valence-corrected chi connectivity index (χ1v) is 6.46. The van der Waals surface area contributed by atoms with Crippen molar-refractivity contribution in [3.8, 4) is 0 Å². The smallest absolute Gasteiger partial charge is 0.229 e. The van der Waals surface area contributed by atoms with E-state index in [1.165, 1.54) is 6.92 Å². The third kappa shape index (κ3) is 4.40. The van der Waals surface area contributed by atoms with Crippen LogP contribution in [0.5, 0.6) is 0 Å². The molecule has 0 aromatic carbocycles. The number of carbonyl (C=O) groups is 1. The number of amides is 1. The normalized spacial score (nSPS) is 17.8. The number of piperidine rings is 1. The number of carbonyl (C=O) groups excluding carboxylic acids is 1. The Labute approximate surface area is 113 Å². The molecule has 0 radical (unpaired) electrons. The fourth-order valence-electron chi connectivity index (χ4n) is 1.99. The molecular formula is C13H19N5O. The Morgan fingerprint density at radius 3 is 2.95 bits per heavy atom. The highest BCUT2D eigenvalue weighted by Gasteiger charge is 2.14. The Morgan fingerprint density at radius 2 is 2.26 bits per heavy atom. The molecule has 0 bridgehead atoms. The lowest BCUT2D eigenvalue weighted by Crippen LogP contribution is -2.32. The maximum atomic E-state index is 10.9. The number of nitrogens with one attached hydrogen (secondary N) is 1. The van der Waals surface area contributed by atoms with Crippen LogP contribution in [0.4, 0.5) is 5.95 Å². The van der Waals surface area contributed by atoms with Crippen LogP contribution in [0.15, 0.2) is 17.3 Å². The van der Waals surface area contributed by atoms with Gasteiger partial charge >= 0.3 is 0 Å². The van der Waals surface area contributed by atoms with Gasteiger partial charge < -0.3 is 4.90 Å². The van der Waals surface area contributed by atoms with E-state index in [1.807, 2.05) is 0 Å². The van der Waals surface area contributed by atoms with Crippen molar-refractivity contribution in [2.24, 2.45) is 4.99 Å². The van der Waals surface area contributed by atoms with E-state index >= 15 is 0 Å². The van der Waals surface area contributed by atoms with Crippen LogP contribution >= 0.6 is 0 Å². The largest absolute Gasteiger partial charge is 0.306 e. The van der Waals surface area contributed by atoms with Crippen LogP contribution in [0.1, 0.15) is 25.5 Å². The molecule has 0 atom stereocenters. The summed E-state index contributed by atoms with van der Waals surface area (Å²) in [6.45, 7) is 3.61. The zero-order valence-corrected chi connectivity index (χ0v) is 11.3. The van der Waals surface area contributed by atoms with E-state index < -0.39 is 0 Å². The Hall–Kier alpha value is -1.82. The van der Waals surface area contributed by atoms with E-state index in [0.717, 1.165) is 31.6 Å². The average Bonchev–Trinajstić information content (AvgIpc) is 2.38. The maximum Gasteiger partial charge on any atom is 0.229 e. The lowest BCUT2D eigenvalue weighted by Gasteiger charge is -2.26. The highest BCUT2D eigenvalue weighted by atomic mass is 16.1. The Balaban J connectivity index is 1.96. The van der Waals surface area contributed by atoms with Crippen molar-refractivity contribution in [2.45, 2.75) is 25.8 Å². The molecule has 0 saturated carbocycles. The van der Waals surface area contributed by atoms with Crippen LogP contribution in [-0.2, 0) is 4.79 Å². The predicted molar refractivity (Wildman–Crippen MR) is 74.4 cm³/mol. The van der Waals surface area contributed by atoms with E-state index in [9.17, 15) is 4.79 Å². The van der Waals surface area contributed by atoms with Crippen molar-refractivity contribution < 1.29 is 4.79 Å². The molecular weight excluding hydrogens is 242 g/mol. The summed E-state index contributed by atoms with van der Waals surface area (Å²) in [5, 5.41) is 2.56. The zero-order chi connectivity index (χ0) is 13.7. The minimum Gasteiger partial charge on any atom is -0.306 e. The molecule has 1 fully saturated rings. The van der Waals surface area contributed by atoms with Crippen LogP contribution in [-0.4, -0.2) is 53.2 Å². The van der Waals surface area contributed by atoms with E-state index in [2.05, 4.69) is 32.2 Å². The number of likely N-dealkylation sites (tertiary alicyclic amines) is 1. The SMILES string of the molecule is CC(=O)Nc1nccc(C=NC2CCN(C)CC2)n1. The minimum atomic E-state index is -0.176. The standard InChI is InChI=1S/C13H19N5O/c1-10(19)16-13-14-6-3-12(17-13)9-15-11-4-7-18(2)8-5-11/h3,6,9,11H,4-5,7-8H2,1-2H3,(H,14,16,17,19). The number of rotatable bonds is 3. The van der Waals surface area contributed by atoms with E-state index in [1.54, 1.807) is 18.5 Å². The summed E-state index contributed by atoms with van der Waals surface area (Å²) in [5.74, 6) is 0.143. The van der Waals surface area contributed by atoms with Crippen LogP contribution in [0, 0.1) is 0 Å². The number of hydrogen-bond acceptors (Lipinski definition) is 5. The second kappa shape index (κ2) is 6.38. The van der Waals surface area contributed by atoms with Gasteiger partial charge in [-0.25, -0.2) is 9.97 Å². The molecule has 2 rings (SSSR count). The van der Waals surface area contributed by atoms with Crippen molar-refractivity contribution in [2.75, 3.05) is 25.5 Å². The van der Waals surface area contributed by atoms with Crippen molar-refractivity contribution in [1.29, 1.82) is 0 Å². The molecule has 0 spiro atoms. The van der Waals surface area contributed by atoms with Gasteiger partial charge in [-0.2, -0.15) is 0 Å². The molecule has 0 aliphatic carbocycles. The number of hydrogen-bond donors (Lipinski definition) is 1. The lowest BCUT2D eigenvalue weighted by atomic mass is 10.1. The summed E-state index contributed by atoms with van der Waals surface area (Å²) in [4.78, 5) is 26.0. The van der Waals surface area contributed by atoms with Gasteiger partial charge in [0.15, 0.2) is 0 Å². The fraction of sp³-hybridized carbons (Fsp3) is 0.538. The van der Waals surface area contributed by atoms with Gasteiger partial charge in [0, 0.05) is 19.3 Å². The van der Waals surface area contributed by atoms with Crippen LogP contribution in [0.2, 0.25) is 0 Å². The fourth-order valence-corrected chi connectivity index (χ4v) is 1.99. The van der Waals surface area contributed by atoms with Crippen LogP contribution in [0.3, 0.4) is 0 Å². The van der Waals surface area contributed by atoms with Crippen molar-refractivity contribution in [3.63, 3.8) is 0 Å². The van der Waals surface area contributed by atoms with Gasteiger partial charge in [0.05, 0.1) is 11.7 Å². The molecule has 1 amide bonds. The molecule has 6 heteroatoms. The summed E-state index contributed by atoms with van der Waals surface area (Å²) < 4.78 is 0. The second-order valence-corrected chi connectivity index (χ2v) is 4.80. The molecule has 19 heavy (non-hydrogen) atoms. The Kier molecular flexibility index (Phi) is 4.57. The highest BCUT2D eigenvalue weighted by Crippen LogP contribution is 2.11. The molecule has 1 aliphatic heterocycles. The van der Waals surface area contributed by atoms with E-state index in [-0.39, 0.29) is 5.91 Å². The summed E-state index contributed by atoms with van der Waals surface area (Å²) >= 11 is 0. The van der Waals surface area contributed by atoms with Gasteiger partial charge in [-0.1, -0.05) is 0 Å². The first-order valence-electron chi connectivity index (χ1n) is 6.46. The van der Waals surface area contributed by atoms with Crippen molar-refractivity contribution in [3.05, 3.63) is 18.0 Å². The molecule has 1 N–H and O–H groups in total. The van der Waals surface area contributed by atoms with E-state index in [4.69, 9.17) is 0 Å². The maximum absolute atomic E-state index is 10.9. The third-order valence-electron chi connectivity index (χ3n) is 3.07. The van der Waals surface area contributed by atoms with Gasteiger partial charge in [0.2, 0.25) is 11.9 Å². The van der Waals surface area contributed by atoms with Crippen LogP contribution in [0.25, 0.3) is 0 Å². The Morgan fingerprint density at radius 1 is 1.53 bits per heavy atom. The monoisotopic (exact) mass is 261 g/mol. The number of anilines is 1. The van der Waals surface area contributed by atoms with Crippen molar-refractivity contribution >= 4 is 18.1 Å². The number of nitrogens with zero attached hydrogens (tertiary/aromatic N) is 4. The molecule has 2 heterocycles. The molecule has 102 valence electrons. The Bertz CT molecular complexity index is 466. The summed E-state index contributed by atoms with van der Waals surface area (Å²) in [6.07, 6.45) is 5.55. The van der Waals surface area contributed by atoms with Gasteiger partial charge in [-0.3, -0.25) is 15.1 Å². The van der Waals surface area contributed by atoms with Gasteiger partial charge in [0.25, 0.3) is 0 Å². The summed E-state index contributed by atoms with van der Waals surface area (Å²) in [5.41, 5.74) is 0.720. The molecule has 1 aromatic heterocycles. The first-order chi connectivity index (χ1) is 9.13. The first kappa shape index (κ1) is 13.6. The van der Waals surface area contributed by atoms with Crippen LogP contribution < -0.4 is 5.32 Å². The van der Waals surface area contributed by atoms with Crippen molar-refractivity contribution in [1.82, 2.24) is 14.9 Å². The molecule has 1 aromatic rings. The topological polar surface area (TPSA) is 70.5 Å². The van der Waals surface area contributed by atoms with Gasteiger partial charge in [0.1, 0.15) is 0 Å². The third-order valence-corrected chi connectivity index (χ3v) is 3.07. The molecule has 6 nitrogen and oxygen atoms in total. The molecule has 1 aliphatic rings. The molecule has 1 saturated heterocycles. The zero-order valence-electron chi connectivity index (χ0n) is 11.3. The summed E-state index contributed by atoms with van der Waals surface area (Å²) in [7, 11) is 2.13. The summed E-state index contributed by atoms with van der Waals surface area (Å²) in [6, 6.07) is 2.15. The molecule has 0 unspecified atom stereocenters. The van der Waals surface area contributed by atoms with Gasteiger partial charge in [-0.05, 0) is 39.0 Å². The minimum absolute atomic E-state index is 0.176. The number of aromatic nitrogens is 2.